The number of aliphatic imine (C=N–C) groups is 1. The van der Waals surface area contributed by atoms with Gasteiger partial charge in [-0.25, -0.2) is 0 Å². The first kappa shape index (κ1) is 26.8. The lowest BCUT2D eigenvalue weighted by molar-refractivity contribution is 0.196. The number of rotatable bonds is 12. The molecule has 1 unspecified atom stereocenters. The van der Waals surface area contributed by atoms with Crippen LogP contribution in [0.3, 0.4) is 0 Å². The molecule has 0 bridgehead atoms. The number of ether oxygens (including phenoxy) is 2. The number of hydrogen-bond acceptors (Lipinski definition) is 4. The molecule has 1 rings (SSSR count). The summed E-state index contributed by atoms with van der Waals surface area (Å²) in [4.78, 5) is 7.04. The van der Waals surface area contributed by atoms with Crippen molar-refractivity contribution in [2.45, 2.75) is 46.6 Å². The molecule has 3 N–H and O–H groups in total. The van der Waals surface area contributed by atoms with Crippen molar-refractivity contribution in [3.05, 3.63) is 23.8 Å². The smallest absolute Gasteiger partial charge is 0.188 e. The summed E-state index contributed by atoms with van der Waals surface area (Å²) in [6, 6.07) is 6.39. The lowest BCUT2D eigenvalue weighted by atomic mass is 10.0. The number of halogens is 1. The lowest BCUT2D eigenvalue weighted by Crippen LogP contribution is -2.40. The Balaban J connectivity index is 0.00000729. The standard InChI is InChI=1S/C21H38N4O2.HI/c1-7-25(8-2)18(13-16(3)4)15-24-21(22)23-12-11-17-9-10-19(26-5)20(14-17)27-6;/h9-10,14,16,18H,7-8,11-13,15H2,1-6H3,(H3,22,23,24);1H. The van der Waals surface area contributed by atoms with E-state index in [1.165, 1.54) is 0 Å². The Labute approximate surface area is 188 Å². The fourth-order valence-corrected chi connectivity index (χ4v) is 3.25. The maximum atomic E-state index is 6.08. The largest absolute Gasteiger partial charge is 0.493 e. The highest BCUT2D eigenvalue weighted by atomic mass is 127. The van der Waals surface area contributed by atoms with E-state index in [0.717, 1.165) is 56.1 Å². The van der Waals surface area contributed by atoms with Crippen LogP contribution in [0.25, 0.3) is 0 Å². The molecule has 1 atom stereocenters. The molecule has 0 aliphatic rings. The Morgan fingerprint density at radius 1 is 1.14 bits per heavy atom. The summed E-state index contributed by atoms with van der Waals surface area (Å²) in [6.45, 7) is 12.4. The average molecular weight is 506 g/mol. The minimum absolute atomic E-state index is 0. The molecule has 28 heavy (non-hydrogen) atoms. The number of nitrogens with one attached hydrogen (secondary N) is 1. The fourth-order valence-electron chi connectivity index (χ4n) is 3.25. The van der Waals surface area contributed by atoms with E-state index < -0.39 is 0 Å². The van der Waals surface area contributed by atoms with Crippen LogP contribution in [0.5, 0.6) is 11.5 Å². The number of methoxy groups -OCH3 is 2. The molecule has 7 heteroatoms. The summed E-state index contributed by atoms with van der Waals surface area (Å²) in [5.41, 5.74) is 7.24. The van der Waals surface area contributed by atoms with Gasteiger partial charge in [0, 0.05) is 12.6 Å². The molecule has 0 aliphatic carbocycles. The Bertz CT molecular complexity index is 578. The molecule has 0 aromatic heterocycles. The number of benzene rings is 1. The molecule has 6 nitrogen and oxygen atoms in total. The second-order valence-corrected chi connectivity index (χ2v) is 7.10. The van der Waals surface area contributed by atoms with Crippen LogP contribution in [-0.2, 0) is 6.42 Å². The molecule has 0 saturated heterocycles. The second kappa shape index (κ2) is 14.7. The van der Waals surface area contributed by atoms with Gasteiger partial charge in [-0.15, -0.1) is 24.0 Å². The van der Waals surface area contributed by atoms with Gasteiger partial charge >= 0.3 is 0 Å². The van der Waals surface area contributed by atoms with Gasteiger partial charge in [0.05, 0.1) is 20.8 Å². The number of nitrogens with two attached hydrogens (primary N) is 1. The van der Waals surface area contributed by atoms with Gasteiger partial charge in [-0.2, -0.15) is 0 Å². The third-order valence-corrected chi connectivity index (χ3v) is 4.71. The molecule has 1 aromatic carbocycles. The van der Waals surface area contributed by atoms with Crippen LogP contribution in [0.4, 0.5) is 0 Å². The second-order valence-electron chi connectivity index (χ2n) is 7.10. The highest BCUT2D eigenvalue weighted by Crippen LogP contribution is 2.27. The highest BCUT2D eigenvalue weighted by molar-refractivity contribution is 14.0. The maximum Gasteiger partial charge on any atom is 0.188 e. The molecule has 0 aliphatic heterocycles. The summed E-state index contributed by atoms with van der Waals surface area (Å²) in [5.74, 6) is 2.64. The molecule has 0 heterocycles. The Hall–Kier alpha value is -1.22. The van der Waals surface area contributed by atoms with Gasteiger partial charge in [0.15, 0.2) is 17.5 Å². The monoisotopic (exact) mass is 506 g/mol. The van der Waals surface area contributed by atoms with Crippen molar-refractivity contribution in [3.8, 4) is 11.5 Å². The van der Waals surface area contributed by atoms with Crippen LogP contribution >= 0.6 is 24.0 Å². The molecule has 0 spiro atoms. The van der Waals surface area contributed by atoms with E-state index in [4.69, 9.17) is 15.2 Å². The van der Waals surface area contributed by atoms with Gasteiger partial charge in [0.1, 0.15) is 0 Å². The molecule has 0 radical (unpaired) electrons. The lowest BCUT2D eigenvalue weighted by Gasteiger charge is -2.29. The van der Waals surface area contributed by atoms with Crippen molar-refractivity contribution in [1.82, 2.24) is 10.2 Å². The molecule has 0 saturated carbocycles. The average Bonchev–Trinajstić information content (AvgIpc) is 2.66. The first-order chi connectivity index (χ1) is 12.9. The molecule has 0 fully saturated rings. The van der Waals surface area contributed by atoms with E-state index in [-0.39, 0.29) is 24.0 Å². The van der Waals surface area contributed by atoms with E-state index in [0.29, 0.717) is 17.9 Å². The third kappa shape index (κ3) is 9.32. The Kier molecular flexibility index (Phi) is 14.1. The zero-order valence-corrected chi connectivity index (χ0v) is 20.7. The van der Waals surface area contributed by atoms with Gasteiger partial charge in [-0.3, -0.25) is 9.89 Å². The predicted octanol–water partition coefficient (Wildman–Crippen LogP) is 3.53. The number of likely N-dealkylation sites (N-methyl/N-ethyl adjacent to an activating group) is 1. The van der Waals surface area contributed by atoms with E-state index in [9.17, 15) is 0 Å². The van der Waals surface area contributed by atoms with E-state index in [1.807, 2.05) is 18.2 Å². The van der Waals surface area contributed by atoms with E-state index in [1.54, 1.807) is 14.2 Å². The zero-order valence-electron chi connectivity index (χ0n) is 18.3. The SMILES string of the molecule is CCN(CC)C(CN=C(N)NCCc1ccc(OC)c(OC)c1)CC(C)C.I. The molecule has 1 aromatic rings. The summed E-state index contributed by atoms with van der Waals surface area (Å²) in [7, 11) is 3.29. The summed E-state index contributed by atoms with van der Waals surface area (Å²) >= 11 is 0. The Morgan fingerprint density at radius 2 is 1.79 bits per heavy atom. The van der Waals surface area contributed by atoms with Crippen LogP contribution in [0.1, 0.15) is 39.7 Å². The van der Waals surface area contributed by atoms with Crippen LogP contribution in [0.2, 0.25) is 0 Å². The fraction of sp³-hybridized carbons (Fsp3) is 0.667. The number of nitrogens with zero attached hydrogens (tertiary/aromatic N) is 2. The number of hydrogen-bond donors (Lipinski definition) is 2. The van der Waals surface area contributed by atoms with Crippen molar-refractivity contribution >= 4 is 29.9 Å². The van der Waals surface area contributed by atoms with Gasteiger partial charge in [0.2, 0.25) is 0 Å². The first-order valence-electron chi connectivity index (χ1n) is 9.93. The number of guanidine groups is 1. The van der Waals surface area contributed by atoms with Crippen LogP contribution in [0, 0.1) is 5.92 Å². The minimum Gasteiger partial charge on any atom is -0.493 e. The normalized spacial score (nSPS) is 12.6. The molecular formula is C21H39IN4O2. The van der Waals surface area contributed by atoms with Gasteiger partial charge in [-0.1, -0.05) is 33.8 Å². The van der Waals surface area contributed by atoms with E-state index in [2.05, 4.69) is 42.9 Å². The van der Waals surface area contributed by atoms with Gasteiger partial charge in [-0.05, 0) is 49.5 Å². The van der Waals surface area contributed by atoms with E-state index >= 15 is 0 Å². The predicted molar refractivity (Wildman–Crippen MR) is 129 cm³/mol. The quantitative estimate of drug-likeness (QED) is 0.258. The topological polar surface area (TPSA) is 72.1 Å². The zero-order chi connectivity index (χ0) is 20.2. The Morgan fingerprint density at radius 3 is 2.32 bits per heavy atom. The minimum atomic E-state index is 0. The highest BCUT2D eigenvalue weighted by Gasteiger charge is 2.16. The maximum absolute atomic E-state index is 6.08. The van der Waals surface area contributed by atoms with Crippen LogP contribution in [-0.4, -0.2) is 57.3 Å². The first-order valence-corrected chi connectivity index (χ1v) is 9.93. The van der Waals surface area contributed by atoms with Crippen molar-refractivity contribution in [1.29, 1.82) is 0 Å². The van der Waals surface area contributed by atoms with Crippen molar-refractivity contribution in [3.63, 3.8) is 0 Å². The van der Waals surface area contributed by atoms with Crippen LogP contribution < -0.4 is 20.5 Å². The molecule has 0 amide bonds. The summed E-state index contributed by atoms with van der Waals surface area (Å²) in [6.07, 6.45) is 1.96. The van der Waals surface area contributed by atoms with Gasteiger partial charge < -0.3 is 20.5 Å². The summed E-state index contributed by atoms with van der Waals surface area (Å²) < 4.78 is 10.6. The third-order valence-electron chi connectivity index (χ3n) is 4.71. The van der Waals surface area contributed by atoms with Crippen molar-refractivity contribution in [2.75, 3.05) is 40.4 Å². The summed E-state index contributed by atoms with van der Waals surface area (Å²) in [5, 5.41) is 3.22. The van der Waals surface area contributed by atoms with Gasteiger partial charge in [0.25, 0.3) is 0 Å². The molecule has 162 valence electrons. The molecular weight excluding hydrogens is 467 g/mol. The van der Waals surface area contributed by atoms with Crippen molar-refractivity contribution in [2.24, 2.45) is 16.6 Å². The van der Waals surface area contributed by atoms with Crippen LogP contribution in [0.15, 0.2) is 23.2 Å². The van der Waals surface area contributed by atoms with Crippen molar-refractivity contribution < 1.29 is 9.47 Å².